The molecule has 5 atom stereocenters. The van der Waals surface area contributed by atoms with E-state index in [0.29, 0.717) is 19.3 Å². The van der Waals surface area contributed by atoms with E-state index >= 15 is 4.39 Å². The average molecular weight is 685 g/mol. The van der Waals surface area contributed by atoms with Crippen molar-refractivity contribution in [2.24, 2.45) is 0 Å². The molecule has 1 fully saturated rings. The van der Waals surface area contributed by atoms with Gasteiger partial charge in [-0.15, -0.1) is 0 Å². The van der Waals surface area contributed by atoms with Gasteiger partial charge >= 0.3 is 13.7 Å². The molecule has 3 aromatic rings. The van der Waals surface area contributed by atoms with Gasteiger partial charge in [-0.2, -0.15) is 15.1 Å². The van der Waals surface area contributed by atoms with Crippen LogP contribution < -0.4 is 19.7 Å². The molecule has 0 aliphatic heterocycles. The van der Waals surface area contributed by atoms with E-state index in [9.17, 15) is 23.7 Å². The molecule has 1 aliphatic carbocycles. The van der Waals surface area contributed by atoms with Gasteiger partial charge in [0.15, 0.2) is 23.6 Å². The minimum Gasteiger partial charge on any atom is -0.476 e. The smallest absolute Gasteiger partial charge is 0.459 e. The molecule has 0 spiro atoms. The van der Waals surface area contributed by atoms with E-state index in [1.807, 2.05) is 0 Å². The van der Waals surface area contributed by atoms with Gasteiger partial charge in [-0.05, 0) is 58.6 Å². The summed E-state index contributed by atoms with van der Waals surface area (Å²) >= 11 is 0. The van der Waals surface area contributed by atoms with E-state index in [1.165, 1.54) is 19.1 Å². The number of alkyl halides is 2. The summed E-state index contributed by atoms with van der Waals surface area (Å²) in [4.78, 5) is 36.2. The molecule has 3 N–H and O–H groups in total. The van der Waals surface area contributed by atoms with Crippen molar-refractivity contribution in [3.8, 4) is 11.6 Å². The molecule has 1 amide bonds. The van der Waals surface area contributed by atoms with Crippen LogP contribution in [-0.2, 0) is 28.2 Å². The van der Waals surface area contributed by atoms with Crippen molar-refractivity contribution in [2.45, 2.75) is 83.3 Å². The minimum atomic E-state index is -4.62. The zero-order valence-corrected chi connectivity index (χ0v) is 27.1. The van der Waals surface area contributed by atoms with E-state index in [-0.39, 0.29) is 41.5 Å². The number of nitrogens with zero attached hydrogens (tertiary/aromatic N) is 4. The summed E-state index contributed by atoms with van der Waals surface area (Å²) < 4.78 is 73.8. The molecule has 4 rings (SSSR count). The number of aliphatic hydroxyl groups is 1. The molecule has 1 saturated carbocycles. The summed E-state index contributed by atoms with van der Waals surface area (Å²) in [6.07, 6.45) is 1.38. The number of halogens is 2. The first-order chi connectivity index (χ1) is 22.5. The summed E-state index contributed by atoms with van der Waals surface area (Å²) in [5, 5.41) is 14.9. The Balaban J connectivity index is 1.57. The Kier molecular flexibility index (Phi) is 12.6. The molecule has 0 saturated heterocycles. The number of aromatic nitrogens is 4. The fourth-order valence-corrected chi connectivity index (χ4v) is 6.23. The van der Waals surface area contributed by atoms with Crippen LogP contribution in [0, 0.1) is 0 Å². The number of hydrogen-bond acceptors (Lipinski definition) is 12. The predicted molar refractivity (Wildman–Crippen MR) is 164 cm³/mol. The summed E-state index contributed by atoms with van der Waals surface area (Å²) in [5.74, 6) is -4.22. The Morgan fingerprint density at radius 2 is 1.94 bits per heavy atom. The lowest BCUT2D eigenvalue weighted by atomic mass is 9.98. The fraction of sp³-hybridized carbons (Fsp3) is 0.552. The normalized spacial score (nSPS) is 18.3. The van der Waals surface area contributed by atoms with Gasteiger partial charge in [-0.25, -0.2) is 18.3 Å². The van der Waals surface area contributed by atoms with Gasteiger partial charge in [0.1, 0.15) is 24.5 Å². The highest BCUT2D eigenvalue weighted by atomic mass is 31.2. The number of fused-ring (bicyclic) bond motifs is 1. The van der Waals surface area contributed by atoms with Gasteiger partial charge in [-0.1, -0.05) is 24.6 Å². The molecule has 15 nitrogen and oxygen atoms in total. The van der Waals surface area contributed by atoms with Gasteiger partial charge in [-0.3, -0.25) is 24.0 Å². The molecule has 0 bridgehead atoms. The molecule has 1 aliphatic rings. The summed E-state index contributed by atoms with van der Waals surface area (Å²) in [6, 6.07) is 6.54. The number of amides is 1. The third-order valence-corrected chi connectivity index (χ3v) is 8.82. The first kappa shape index (κ1) is 36.1. The Morgan fingerprint density at radius 1 is 1.21 bits per heavy atom. The number of para-hydroxylation sites is 1. The second-order valence-corrected chi connectivity index (χ2v) is 12.4. The Bertz CT molecular complexity index is 1530. The second-order valence-electron chi connectivity index (χ2n) is 10.8. The van der Waals surface area contributed by atoms with Gasteiger partial charge in [0.05, 0.1) is 19.5 Å². The van der Waals surface area contributed by atoms with Gasteiger partial charge < -0.3 is 23.8 Å². The summed E-state index contributed by atoms with van der Waals surface area (Å²) in [5.41, 5.74) is 0.0325. The lowest BCUT2D eigenvalue weighted by Gasteiger charge is -2.32. The van der Waals surface area contributed by atoms with E-state index in [1.54, 1.807) is 25.1 Å². The van der Waals surface area contributed by atoms with Crippen molar-refractivity contribution in [2.75, 3.05) is 25.1 Å². The number of anilines is 1. The number of imidazole rings is 1. The first-order valence-electron chi connectivity index (χ1n) is 15.2. The highest BCUT2D eigenvalue weighted by Crippen LogP contribution is 2.47. The predicted octanol–water partition coefficient (Wildman–Crippen LogP) is 4.38. The number of hydrogen-bond donors (Lipinski definition) is 3. The largest absolute Gasteiger partial charge is 0.476 e. The molecule has 1 aromatic carbocycles. The maximum atomic E-state index is 16.3. The zero-order chi connectivity index (χ0) is 34.0. The van der Waals surface area contributed by atoms with Crippen LogP contribution in [0.1, 0.15) is 59.1 Å². The molecule has 47 heavy (non-hydrogen) atoms. The van der Waals surface area contributed by atoms with Crippen molar-refractivity contribution < 1.29 is 51.3 Å². The van der Waals surface area contributed by atoms with Gasteiger partial charge in [0, 0.05) is 0 Å². The molecule has 258 valence electrons. The number of benzene rings is 1. The molecule has 2 heterocycles. The highest BCUT2D eigenvalue weighted by molar-refractivity contribution is 7.52. The summed E-state index contributed by atoms with van der Waals surface area (Å²) in [7, 11) is -4.62. The first-order valence-corrected chi connectivity index (χ1v) is 16.7. The molecule has 18 heteroatoms. The van der Waals surface area contributed by atoms with E-state index < -0.39 is 51.2 Å². The lowest BCUT2D eigenvalue weighted by molar-refractivity contribution is -0.250. The van der Waals surface area contributed by atoms with Crippen molar-refractivity contribution >= 4 is 37.2 Å². The van der Waals surface area contributed by atoms with E-state index in [0.717, 1.165) is 37.1 Å². The number of carbonyl (C=O) groups is 2. The maximum absolute atomic E-state index is 16.3. The van der Waals surface area contributed by atoms with Crippen molar-refractivity contribution in [1.82, 2.24) is 24.6 Å². The van der Waals surface area contributed by atoms with Crippen molar-refractivity contribution in [3.63, 3.8) is 0 Å². The molecule has 0 radical (unpaired) electrons. The summed E-state index contributed by atoms with van der Waals surface area (Å²) in [6.45, 7) is 1.87. The van der Waals surface area contributed by atoms with Crippen LogP contribution >= 0.6 is 7.75 Å². The average Bonchev–Trinajstić information content (AvgIpc) is 3.48. The van der Waals surface area contributed by atoms with Crippen LogP contribution in [0.4, 0.5) is 14.7 Å². The quantitative estimate of drug-likeness (QED) is 0.0975. The van der Waals surface area contributed by atoms with Crippen LogP contribution in [0.15, 0.2) is 36.7 Å². The Hall–Kier alpha value is -3.76. The number of esters is 1. The standard InChI is InChI=1S/C29H39F2N6O9P/c1-4-42-26-24-25(34-28(35-26)33-18-39)37(17-32-24)23(15-38)45-29(31,20(3)30)16-43-47(41,46-22-13-9-6-10-14-22)36-19(2)27(40)44-21-11-7-5-8-12-21/h6,9-10,13-14,17-21,23,38H,4-5,7-8,11-12,15-16H2,1-3H3,(H,36,41)(H,33,34,35,39)/t19?,20-,23+,29+,47?/m0/s1. The zero-order valence-electron chi connectivity index (χ0n) is 26.2. The van der Waals surface area contributed by atoms with Crippen LogP contribution in [-0.4, -0.2) is 81.0 Å². The van der Waals surface area contributed by atoms with E-state index in [4.69, 9.17) is 23.3 Å². The lowest BCUT2D eigenvalue weighted by Crippen LogP contribution is -2.45. The van der Waals surface area contributed by atoms with Crippen LogP contribution in [0.3, 0.4) is 0 Å². The minimum absolute atomic E-state index is 0.0211. The second kappa shape index (κ2) is 16.4. The SMILES string of the molecule is CCOc1nc(NC=O)nc2c1ncn2[C@@H](CO)O[C@](F)(COP(=O)(NC(C)C(=O)OC1CCCCC1)Oc1ccccc1)[C@H](C)F. The van der Waals surface area contributed by atoms with Crippen LogP contribution in [0.25, 0.3) is 11.2 Å². The third-order valence-electron chi connectivity index (χ3n) is 7.19. The number of ether oxygens (including phenoxy) is 3. The molecule has 2 unspecified atom stereocenters. The number of rotatable bonds is 18. The van der Waals surface area contributed by atoms with Gasteiger partial charge in [0.25, 0.3) is 5.85 Å². The molecular weight excluding hydrogens is 645 g/mol. The van der Waals surface area contributed by atoms with Crippen molar-refractivity contribution in [3.05, 3.63) is 36.7 Å². The van der Waals surface area contributed by atoms with E-state index in [2.05, 4.69) is 25.4 Å². The molecular formula is C29H39F2N6O9P. The number of carbonyl (C=O) groups excluding carboxylic acids is 2. The van der Waals surface area contributed by atoms with Crippen LogP contribution in [0.5, 0.6) is 11.6 Å². The molecule has 2 aromatic heterocycles. The van der Waals surface area contributed by atoms with Crippen LogP contribution in [0.2, 0.25) is 0 Å². The Labute approximate surface area is 269 Å². The fourth-order valence-electron chi connectivity index (χ4n) is 4.73. The van der Waals surface area contributed by atoms with Gasteiger partial charge in [0.2, 0.25) is 18.2 Å². The Morgan fingerprint density at radius 3 is 2.57 bits per heavy atom. The highest BCUT2D eigenvalue weighted by Gasteiger charge is 2.45. The number of aliphatic hydroxyl groups excluding tert-OH is 1. The van der Waals surface area contributed by atoms with Crippen molar-refractivity contribution in [1.29, 1.82) is 0 Å². The third kappa shape index (κ3) is 9.41. The number of nitrogens with one attached hydrogen (secondary N) is 2. The topological polar surface area (TPSA) is 185 Å². The monoisotopic (exact) mass is 684 g/mol. The maximum Gasteiger partial charge on any atom is 0.459 e.